The molecule has 6 nitrogen and oxygen atoms in total. The van der Waals surface area contributed by atoms with Crippen LogP contribution in [0.2, 0.25) is 0 Å². The van der Waals surface area contributed by atoms with E-state index in [0.717, 1.165) is 0 Å². The summed E-state index contributed by atoms with van der Waals surface area (Å²) >= 11 is 0. The quantitative estimate of drug-likeness (QED) is 0.494. The topological polar surface area (TPSA) is 80.8 Å². The number of carbonyl (C=O) groups excluding carboxylic acids is 4. The van der Waals surface area contributed by atoms with Crippen LogP contribution in [0.1, 0.15) is 13.8 Å². The molecule has 0 aliphatic heterocycles. The number of hydrogen-bond acceptors (Lipinski definition) is 6. The lowest BCUT2D eigenvalue weighted by atomic mass is 9.80. The highest BCUT2D eigenvalue weighted by Gasteiger charge is 2.50. The molecule has 3 unspecified atom stereocenters. The molecule has 0 radical (unpaired) electrons. The fourth-order valence-electron chi connectivity index (χ4n) is 2.38. The van der Waals surface area contributed by atoms with Gasteiger partial charge in [-0.15, -0.1) is 0 Å². The molecule has 0 heterocycles. The fraction of sp³-hybridized carbons (Fsp3) is 0.692. The summed E-state index contributed by atoms with van der Waals surface area (Å²) in [6.07, 6.45) is -1.04. The summed E-state index contributed by atoms with van der Waals surface area (Å²) in [5, 5.41) is 0. The number of aldehydes is 1. The van der Waals surface area contributed by atoms with E-state index >= 15 is 0 Å². The average molecular weight is 269 g/mol. The van der Waals surface area contributed by atoms with Gasteiger partial charge in [-0.25, -0.2) is 0 Å². The number of ketones is 3. The first-order valence-corrected chi connectivity index (χ1v) is 6.14. The van der Waals surface area contributed by atoms with Gasteiger partial charge in [0.25, 0.3) is 0 Å². The minimum Gasteiger partial charge on any atom is -0.366 e. The Balaban J connectivity index is 3.07. The molecule has 1 rings (SSSR count). The molecule has 0 aromatic carbocycles. The van der Waals surface area contributed by atoms with Crippen molar-refractivity contribution in [3.05, 3.63) is 0 Å². The largest absolute Gasteiger partial charge is 0.366 e. The molecular formula is C13H19NO5. The molecule has 3 atom stereocenters. The van der Waals surface area contributed by atoms with Gasteiger partial charge in [-0.2, -0.15) is 0 Å². The minimum absolute atomic E-state index is 0.249. The van der Waals surface area contributed by atoms with Crippen molar-refractivity contribution in [2.75, 3.05) is 20.7 Å². The SMILES string of the molecule is COC1C(=O)C(C=O)C(=O)C(N(C)CC(C)C)C1=O. The molecule has 0 bridgehead atoms. The van der Waals surface area contributed by atoms with E-state index in [4.69, 9.17) is 4.74 Å². The predicted molar refractivity (Wildman–Crippen MR) is 66.6 cm³/mol. The average Bonchev–Trinajstić information content (AvgIpc) is 2.28. The summed E-state index contributed by atoms with van der Waals surface area (Å²) in [6.45, 7) is 4.41. The highest BCUT2D eigenvalue weighted by atomic mass is 16.5. The number of hydrogen-bond donors (Lipinski definition) is 0. The third-order valence-electron chi connectivity index (χ3n) is 3.13. The first-order chi connectivity index (χ1) is 8.84. The van der Waals surface area contributed by atoms with E-state index in [1.54, 1.807) is 11.9 Å². The van der Waals surface area contributed by atoms with Gasteiger partial charge in [0.2, 0.25) is 0 Å². The molecule has 1 fully saturated rings. The smallest absolute Gasteiger partial charge is 0.193 e. The van der Waals surface area contributed by atoms with E-state index in [2.05, 4.69) is 0 Å². The highest BCUT2D eigenvalue weighted by molar-refractivity contribution is 6.32. The van der Waals surface area contributed by atoms with Crippen molar-refractivity contribution in [2.45, 2.75) is 26.0 Å². The van der Waals surface area contributed by atoms with Crippen LogP contribution >= 0.6 is 0 Å². The number of methoxy groups -OCH3 is 1. The molecule has 1 aliphatic carbocycles. The molecule has 0 amide bonds. The zero-order valence-electron chi connectivity index (χ0n) is 11.6. The van der Waals surface area contributed by atoms with Crippen LogP contribution in [0.15, 0.2) is 0 Å². The van der Waals surface area contributed by atoms with Crippen molar-refractivity contribution in [1.29, 1.82) is 0 Å². The van der Waals surface area contributed by atoms with Gasteiger partial charge >= 0.3 is 0 Å². The second-order valence-corrected chi connectivity index (χ2v) is 5.17. The van der Waals surface area contributed by atoms with Crippen molar-refractivity contribution in [2.24, 2.45) is 11.8 Å². The lowest BCUT2D eigenvalue weighted by Gasteiger charge is -2.34. The third-order valence-corrected chi connectivity index (χ3v) is 3.13. The molecule has 19 heavy (non-hydrogen) atoms. The van der Waals surface area contributed by atoms with Gasteiger partial charge in [0, 0.05) is 13.7 Å². The van der Waals surface area contributed by atoms with E-state index in [-0.39, 0.29) is 5.92 Å². The van der Waals surface area contributed by atoms with Gasteiger partial charge in [-0.05, 0) is 13.0 Å². The molecule has 1 aliphatic rings. The zero-order chi connectivity index (χ0) is 14.7. The maximum atomic E-state index is 12.1. The van der Waals surface area contributed by atoms with Crippen LogP contribution in [0.25, 0.3) is 0 Å². The maximum absolute atomic E-state index is 12.1. The van der Waals surface area contributed by atoms with Gasteiger partial charge in [0.05, 0.1) is 0 Å². The Bertz CT molecular complexity index is 404. The Morgan fingerprint density at radius 3 is 2.21 bits per heavy atom. The van der Waals surface area contributed by atoms with Crippen LogP contribution in [0, 0.1) is 11.8 Å². The highest BCUT2D eigenvalue weighted by Crippen LogP contribution is 2.20. The summed E-state index contributed by atoms with van der Waals surface area (Å²) in [5.74, 6) is -3.15. The normalized spacial score (nSPS) is 28.3. The van der Waals surface area contributed by atoms with E-state index < -0.39 is 35.4 Å². The summed E-state index contributed by atoms with van der Waals surface area (Å²) in [5.41, 5.74) is 0. The van der Waals surface area contributed by atoms with Crippen molar-refractivity contribution < 1.29 is 23.9 Å². The first-order valence-electron chi connectivity index (χ1n) is 6.14. The van der Waals surface area contributed by atoms with Gasteiger partial charge in [0.1, 0.15) is 18.2 Å². The number of likely N-dealkylation sites (N-methyl/N-ethyl adjacent to an activating group) is 1. The van der Waals surface area contributed by atoms with Gasteiger partial charge in [-0.1, -0.05) is 13.8 Å². The number of ether oxygens (including phenoxy) is 1. The molecule has 0 aromatic heterocycles. The number of Topliss-reactive ketones (excluding diaryl/α,β-unsaturated/α-hetero) is 3. The Labute approximate surface area is 112 Å². The number of carbonyl (C=O) groups is 4. The van der Waals surface area contributed by atoms with Crippen LogP contribution in [0.3, 0.4) is 0 Å². The van der Waals surface area contributed by atoms with Crippen LogP contribution in [-0.4, -0.2) is 61.4 Å². The van der Waals surface area contributed by atoms with Crippen molar-refractivity contribution in [1.82, 2.24) is 4.90 Å². The Morgan fingerprint density at radius 1 is 1.21 bits per heavy atom. The van der Waals surface area contributed by atoms with Crippen LogP contribution < -0.4 is 0 Å². The van der Waals surface area contributed by atoms with Crippen LogP contribution in [-0.2, 0) is 23.9 Å². The first kappa shape index (κ1) is 15.7. The fourth-order valence-corrected chi connectivity index (χ4v) is 2.38. The minimum atomic E-state index is -1.40. The molecular weight excluding hydrogens is 250 g/mol. The van der Waals surface area contributed by atoms with E-state index in [1.807, 2.05) is 13.8 Å². The van der Waals surface area contributed by atoms with Crippen molar-refractivity contribution >= 4 is 23.6 Å². The van der Waals surface area contributed by atoms with E-state index in [1.165, 1.54) is 7.11 Å². The summed E-state index contributed by atoms with van der Waals surface area (Å²) in [4.78, 5) is 48.5. The Kier molecular flexibility index (Phi) is 5.08. The second kappa shape index (κ2) is 6.16. The lowest BCUT2D eigenvalue weighted by Crippen LogP contribution is -2.61. The molecule has 6 heteroatoms. The van der Waals surface area contributed by atoms with Crippen molar-refractivity contribution in [3.63, 3.8) is 0 Å². The van der Waals surface area contributed by atoms with Gasteiger partial charge in [-0.3, -0.25) is 19.3 Å². The maximum Gasteiger partial charge on any atom is 0.193 e. The Hall–Kier alpha value is -1.40. The summed E-state index contributed by atoms with van der Waals surface area (Å²) in [7, 11) is 2.85. The monoisotopic (exact) mass is 269 g/mol. The molecule has 1 saturated carbocycles. The number of rotatable bonds is 5. The van der Waals surface area contributed by atoms with Gasteiger partial charge in [0.15, 0.2) is 23.5 Å². The zero-order valence-corrected chi connectivity index (χ0v) is 11.6. The standard InChI is InChI=1S/C13H19NO5/c1-7(2)5-14(3)9-10(16)8(6-15)11(17)13(19-4)12(9)18/h6-9,13H,5H2,1-4H3. The second-order valence-electron chi connectivity index (χ2n) is 5.17. The molecule has 0 N–H and O–H groups in total. The number of nitrogens with zero attached hydrogens (tertiary/aromatic N) is 1. The molecule has 0 aromatic rings. The van der Waals surface area contributed by atoms with E-state index in [0.29, 0.717) is 12.8 Å². The molecule has 0 saturated heterocycles. The van der Waals surface area contributed by atoms with Crippen LogP contribution in [0.5, 0.6) is 0 Å². The lowest BCUT2D eigenvalue weighted by molar-refractivity contribution is -0.157. The predicted octanol–water partition coefficient (Wildman–Crippen LogP) is -0.506. The molecule has 106 valence electrons. The third kappa shape index (κ3) is 2.96. The Morgan fingerprint density at radius 2 is 1.79 bits per heavy atom. The van der Waals surface area contributed by atoms with Crippen molar-refractivity contribution in [3.8, 4) is 0 Å². The molecule has 0 spiro atoms. The van der Waals surface area contributed by atoms with Crippen LogP contribution in [0.4, 0.5) is 0 Å². The summed E-state index contributed by atoms with van der Waals surface area (Å²) in [6, 6.07) is -1.08. The summed E-state index contributed by atoms with van der Waals surface area (Å²) < 4.78 is 4.84. The van der Waals surface area contributed by atoms with Gasteiger partial charge < -0.3 is 9.53 Å². The van der Waals surface area contributed by atoms with E-state index in [9.17, 15) is 19.2 Å².